The Balaban J connectivity index is 2.35. The van der Waals surface area contributed by atoms with Gasteiger partial charge in [0.2, 0.25) is 0 Å². The van der Waals surface area contributed by atoms with Crippen LogP contribution in [0.15, 0.2) is 0 Å². The van der Waals surface area contributed by atoms with Gasteiger partial charge >= 0.3 is 5.97 Å². The molecule has 0 saturated carbocycles. The molecule has 1 aliphatic rings. The number of carboxylic acids is 1. The van der Waals surface area contributed by atoms with Gasteiger partial charge in [-0.15, -0.1) is 0 Å². The normalized spacial score (nSPS) is 24.7. The number of nitrogens with two attached hydrogens (primary N) is 1. The first kappa shape index (κ1) is 15.4. The topological polar surface area (TPSA) is 69.8 Å². The number of carboxylic acid groups (broad SMARTS) is 1. The second-order valence-electron chi connectivity index (χ2n) is 6.34. The van der Waals surface area contributed by atoms with Crippen LogP contribution in [0, 0.1) is 0 Å². The number of nitrogens with zero attached hydrogens (tertiary/aromatic N) is 2. The van der Waals surface area contributed by atoms with Crippen molar-refractivity contribution in [2.24, 2.45) is 5.73 Å². The minimum atomic E-state index is -1.10. The van der Waals surface area contributed by atoms with Crippen LogP contribution in [0.25, 0.3) is 0 Å². The van der Waals surface area contributed by atoms with Crippen LogP contribution in [-0.4, -0.2) is 65.2 Å². The zero-order valence-corrected chi connectivity index (χ0v) is 12.1. The lowest BCUT2D eigenvalue weighted by Gasteiger charge is -2.45. The van der Waals surface area contributed by atoms with E-state index in [-0.39, 0.29) is 5.54 Å². The zero-order valence-electron chi connectivity index (χ0n) is 12.1. The lowest BCUT2D eigenvalue weighted by atomic mass is 9.96. The van der Waals surface area contributed by atoms with E-state index < -0.39 is 11.5 Å². The van der Waals surface area contributed by atoms with Crippen molar-refractivity contribution < 1.29 is 9.90 Å². The van der Waals surface area contributed by atoms with Gasteiger partial charge in [-0.25, -0.2) is 0 Å². The molecule has 0 amide bonds. The Labute approximate surface area is 110 Å². The Hall–Kier alpha value is -0.650. The van der Waals surface area contributed by atoms with E-state index in [2.05, 4.69) is 30.7 Å². The van der Waals surface area contributed by atoms with Gasteiger partial charge in [0.15, 0.2) is 0 Å². The maximum Gasteiger partial charge on any atom is 0.323 e. The summed E-state index contributed by atoms with van der Waals surface area (Å²) in [5, 5.41) is 8.95. The average molecular weight is 257 g/mol. The molecular formula is C13H27N3O2. The Morgan fingerprint density at radius 2 is 2.06 bits per heavy atom. The first-order chi connectivity index (χ1) is 8.15. The van der Waals surface area contributed by atoms with E-state index >= 15 is 0 Å². The number of rotatable bonds is 5. The summed E-state index contributed by atoms with van der Waals surface area (Å²) >= 11 is 0. The molecule has 0 aromatic rings. The molecule has 0 radical (unpaired) electrons. The molecular weight excluding hydrogens is 230 g/mol. The van der Waals surface area contributed by atoms with Crippen molar-refractivity contribution in [1.82, 2.24) is 9.80 Å². The summed E-state index contributed by atoms with van der Waals surface area (Å²) in [5.41, 5.74) is 4.82. The van der Waals surface area contributed by atoms with Crippen molar-refractivity contribution in [1.29, 1.82) is 0 Å². The highest BCUT2D eigenvalue weighted by Gasteiger charge is 2.31. The van der Waals surface area contributed by atoms with Crippen LogP contribution in [-0.2, 0) is 4.79 Å². The van der Waals surface area contributed by atoms with Crippen LogP contribution in [0.1, 0.15) is 33.6 Å². The van der Waals surface area contributed by atoms with Crippen LogP contribution in [0.3, 0.4) is 0 Å². The van der Waals surface area contributed by atoms with Crippen LogP contribution in [0.5, 0.6) is 0 Å². The van der Waals surface area contributed by atoms with Gasteiger partial charge in [-0.1, -0.05) is 0 Å². The molecule has 18 heavy (non-hydrogen) atoms. The van der Waals surface area contributed by atoms with E-state index in [0.717, 1.165) is 32.6 Å². The molecule has 1 saturated heterocycles. The number of carbonyl (C=O) groups is 1. The molecule has 0 aromatic heterocycles. The Bertz CT molecular complexity index is 303. The molecule has 0 aliphatic carbocycles. The highest BCUT2D eigenvalue weighted by Crippen LogP contribution is 2.19. The Kier molecular flexibility index (Phi) is 4.75. The van der Waals surface area contributed by atoms with Crippen molar-refractivity contribution in [2.75, 3.05) is 33.2 Å². The van der Waals surface area contributed by atoms with Gasteiger partial charge < -0.3 is 15.7 Å². The summed E-state index contributed by atoms with van der Waals surface area (Å²) in [6, 6.07) is 0. The van der Waals surface area contributed by atoms with Gasteiger partial charge in [-0.2, -0.15) is 0 Å². The second kappa shape index (κ2) is 5.55. The third-order valence-electron chi connectivity index (χ3n) is 4.05. The van der Waals surface area contributed by atoms with Crippen LogP contribution in [0.4, 0.5) is 0 Å². The minimum Gasteiger partial charge on any atom is -0.480 e. The van der Waals surface area contributed by atoms with Gasteiger partial charge in [0.1, 0.15) is 5.54 Å². The van der Waals surface area contributed by atoms with Crippen molar-refractivity contribution >= 4 is 5.97 Å². The van der Waals surface area contributed by atoms with Crippen molar-refractivity contribution in [3.8, 4) is 0 Å². The van der Waals surface area contributed by atoms with E-state index in [4.69, 9.17) is 10.8 Å². The number of piperazine rings is 1. The molecule has 0 spiro atoms. The minimum absolute atomic E-state index is 0.192. The zero-order chi connectivity index (χ0) is 14.0. The maximum atomic E-state index is 10.9. The van der Waals surface area contributed by atoms with Gasteiger partial charge in [0.25, 0.3) is 0 Å². The predicted molar refractivity (Wildman–Crippen MR) is 72.6 cm³/mol. The second-order valence-corrected chi connectivity index (χ2v) is 6.34. The number of hydrogen-bond donors (Lipinski definition) is 2. The first-order valence-corrected chi connectivity index (χ1v) is 6.61. The fourth-order valence-corrected chi connectivity index (χ4v) is 2.31. The molecule has 0 aromatic carbocycles. The van der Waals surface area contributed by atoms with Crippen molar-refractivity contribution in [3.05, 3.63) is 0 Å². The summed E-state index contributed by atoms with van der Waals surface area (Å²) in [5.74, 6) is -0.916. The number of likely N-dealkylation sites (N-methyl/N-ethyl adjacent to an activating group) is 1. The maximum absolute atomic E-state index is 10.9. The monoisotopic (exact) mass is 257 g/mol. The molecule has 3 N–H and O–H groups in total. The quantitative estimate of drug-likeness (QED) is 0.754. The van der Waals surface area contributed by atoms with Gasteiger partial charge in [-0.05, 0) is 47.2 Å². The largest absolute Gasteiger partial charge is 0.480 e. The standard InChI is InChI=1S/C13H27N3O2/c1-12(2)10-16(9-8-15(12)4)7-5-6-13(3,14)11(17)18/h5-10,14H2,1-4H3,(H,17,18). The molecule has 1 atom stereocenters. The summed E-state index contributed by atoms with van der Waals surface area (Å²) < 4.78 is 0. The molecule has 1 unspecified atom stereocenters. The summed E-state index contributed by atoms with van der Waals surface area (Å²) in [6.45, 7) is 10.1. The predicted octanol–water partition coefficient (Wildman–Crippen LogP) is 0.595. The van der Waals surface area contributed by atoms with Gasteiger partial charge in [0.05, 0.1) is 0 Å². The number of hydrogen-bond acceptors (Lipinski definition) is 4. The van der Waals surface area contributed by atoms with E-state index in [9.17, 15) is 4.79 Å². The van der Waals surface area contributed by atoms with E-state index in [1.807, 2.05) is 0 Å². The van der Waals surface area contributed by atoms with E-state index in [0.29, 0.717) is 6.42 Å². The summed E-state index contributed by atoms with van der Waals surface area (Å²) in [7, 11) is 2.15. The van der Waals surface area contributed by atoms with E-state index in [1.165, 1.54) is 0 Å². The fourth-order valence-electron chi connectivity index (χ4n) is 2.31. The van der Waals surface area contributed by atoms with Crippen LogP contribution in [0.2, 0.25) is 0 Å². The smallest absolute Gasteiger partial charge is 0.323 e. The molecule has 1 fully saturated rings. The van der Waals surface area contributed by atoms with Gasteiger partial charge in [-0.3, -0.25) is 9.69 Å². The molecule has 1 rings (SSSR count). The highest BCUT2D eigenvalue weighted by molar-refractivity contribution is 5.77. The van der Waals surface area contributed by atoms with Gasteiger partial charge in [0, 0.05) is 25.2 Å². The Morgan fingerprint density at radius 1 is 1.44 bits per heavy atom. The fraction of sp³-hybridized carbons (Fsp3) is 0.923. The molecule has 0 bridgehead atoms. The lowest BCUT2D eigenvalue weighted by Crippen LogP contribution is -2.57. The SMILES string of the molecule is CN1CCN(CCCC(C)(N)C(=O)O)CC1(C)C. The first-order valence-electron chi connectivity index (χ1n) is 6.61. The third kappa shape index (κ3) is 3.93. The third-order valence-corrected chi connectivity index (χ3v) is 4.05. The molecule has 1 aliphatic heterocycles. The van der Waals surface area contributed by atoms with Crippen LogP contribution < -0.4 is 5.73 Å². The van der Waals surface area contributed by atoms with Crippen molar-refractivity contribution in [3.63, 3.8) is 0 Å². The Morgan fingerprint density at radius 3 is 2.56 bits per heavy atom. The van der Waals surface area contributed by atoms with Crippen LogP contribution >= 0.6 is 0 Å². The molecule has 5 heteroatoms. The lowest BCUT2D eigenvalue weighted by molar-refractivity contribution is -0.143. The van der Waals surface area contributed by atoms with Crippen molar-refractivity contribution in [2.45, 2.75) is 44.7 Å². The highest BCUT2D eigenvalue weighted by atomic mass is 16.4. The van der Waals surface area contributed by atoms with E-state index in [1.54, 1.807) is 6.92 Å². The summed E-state index contributed by atoms with van der Waals surface area (Å²) in [6.07, 6.45) is 1.36. The summed E-state index contributed by atoms with van der Waals surface area (Å²) in [4.78, 5) is 15.7. The molecule has 1 heterocycles. The molecule has 5 nitrogen and oxygen atoms in total. The molecule has 106 valence electrons. The average Bonchev–Trinajstić information content (AvgIpc) is 2.22. The number of aliphatic carboxylic acids is 1.